The van der Waals surface area contributed by atoms with E-state index < -0.39 is 0 Å². The molecule has 1 fully saturated rings. The molecule has 4 aromatic heterocycles. The largest absolute Gasteiger partial charge is 0.352 e. The minimum atomic E-state index is 0.762. The molecule has 0 unspecified atom stereocenters. The lowest BCUT2D eigenvalue weighted by atomic mass is 10.2. The van der Waals surface area contributed by atoms with Gasteiger partial charge >= 0.3 is 0 Å². The highest BCUT2D eigenvalue weighted by atomic mass is 15.3. The Labute approximate surface area is 142 Å². The molecule has 0 amide bonds. The molecule has 5 rings (SSSR count). The lowest BCUT2D eigenvalue weighted by Gasteiger charge is -2.36. The second-order valence-corrected chi connectivity index (χ2v) is 6.00. The molecule has 0 aliphatic carbocycles. The van der Waals surface area contributed by atoms with Gasteiger partial charge in [-0.25, -0.2) is 15.0 Å². The number of aromatic amines is 1. The molecule has 0 saturated carbocycles. The van der Waals surface area contributed by atoms with Gasteiger partial charge in [0, 0.05) is 38.6 Å². The number of fused-ring (bicyclic) bond motifs is 2. The number of aryl methyl sites for hydroxylation is 1. The minimum absolute atomic E-state index is 0.762. The van der Waals surface area contributed by atoms with Gasteiger partial charge in [-0.2, -0.15) is 5.10 Å². The van der Waals surface area contributed by atoms with E-state index in [9.17, 15) is 0 Å². The maximum atomic E-state index is 4.53. The van der Waals surface area contributed by atoms with Crippen LogP contribution >= 0.6 is 0 Å². The van der Waals surface area contributed by atoms with Gasteiger partial charge in [-0.3, -0.25) is 9.50 Å². The molecule has 5 heterocycles. The van der Waals surface area contributed by atoms with Crippen molar-refractivity contribution >= 4 is 28.3 Å². The van der Waals surface area contributed by atoms with Gasteiger partial charge < -0.3 is 9.80 Å². The fraction of sp³-hybridized carbons (Fsp3) is 0.333. The van der Waals surface area contributed by atoms with Crippen molar-refractivity contribution in [3.8, 4) is 0 Å². The minimum Gasteiger partial charge on any atom is -0.352 e. The second kappa shape index (κ2) is 5.36. The number of hydrogen-bond donors (Lipinski definition) is 1. The number of nitrogens with one attached hydrogen (secondary N) is 1. The average Bonchev–Trinajstić information content (AvgIpc) is 3.28. The third-order valence-electron chi connectivity index (χ3n) is 4.58. The van der Waals surface area contributed by atoms with Crippen molar-refractivity contribution in [2.75, 3.05) is 36.0 Å². The van der Waals surface area contributed by atoms with E-state index in [0.717, 1.165) is 60.3 Å². The Hall–Kier alpha value is -3.30. The van der Waals surface area contributed by atoms with Gasteiger partial charge in [-0.15, -0.1) is 10.2 Å². The van der Waals surface area contributed by atoms with Crippen molar-refractivity contribution < 1.29 is 0 Å². The summed E-state index contributed by atoms with van der Waals surface area (Å²) in [5, 5.41) is 16.3. The second-order valence-electron chi connectivity index (χ2n) is 6.00. The van der Waals surface area contributed by atoms with E-state index in [1.54, 1.807) is 18.7 Å². The molecule has 1 N–H and O–H groups in total. The van der Waals surface area contributed by atoms with Crippen molar-refractivity contribution in [3.63, 3.8) is 0 Å². The summed E-state index contributed by atoms with van der Waals surface area (Å²) in [7, 11) is 0. The maximum Gasteiger partial charge on any atom is 0.203 e. The van der Waals surface area contributed by atoms with Crippen LogP contribution in [0.25, 0.3) is 16.7 Å². The monoisotopic (exact) mass is 336 g/mol. The summed E-state index contributed by atoms with van der Waals surface area (Å²) in [5.74, 6) is 2.66. The highest BCUT2D eigenvalue weighted by molar-refractivity contribution is 5.86. The molecule has 0 radical (unpaired) electrons. The SMILES string of the molecule is Cc1nnc2c(N3CCN(c4ncnc5[nH]ncc45)CC3)nccn12. The highest BCUT2D eigenvalue weighted by Gasteiger charge is 2.23. The zero-order valence-corrected chi connectivity index (χ0v) is 13.7. The van der Waals surface area contributed by atoms with Crippen LogP contribution in [0.2, 0.25) is 0 Å². The van der Waals surface area contributed by atoms with Gasteiger partial charge in [-0.1, -0.05) is 0 Å². The maximum absolute atomic E-state index is 4.53. The van der Waals surface area contributed by atoms with Crippen LogP contribution in [0.5, 0.6) is 0 Å². The van der Waals surface area contributed by atoms with Crippen molar-refractivity contribution in [1.29, 1.82) is 0 Å². The van der Waals surface area contributed by atoms with E-state index in [1.165, 1.54) is 0 Å². The lowest BCUT2D eigenvalue weighted by molar-refractivity contribution is 0.643. The predicted molar refractivity (Wildman–Crippen MR) is 91.6 cm³/mol. The van der Waals surface area contributed by atoms with Gasteiger partial charge in [0.2, 0.25) is 5.65 Å². The normalized spacial score (nSPS) is 15.4. The number of hydrogen-bond acceptors (Lipinski definition) is 8. The molecule has 1 saturated heterocycles. The molecule has 126 valence electrons. The van der Waals surface area contributed by atoms with E-state index in [2.05, 4.69) is 45.1 Å². The highest BCUT2D eigenvalue weighted by Crippen LogP contribution is 2.24. The van der Waals surface area contributed by atoms with Crippen LogP contribution < -0.4 is 9.80 Å². The zero-order valence-electron chi connectivity index (χ0n) is 13.7. The van der Waals surface area contributed by atoms with Crippen LogP contribution in [0, 0.1) is 6.92 Å². The van der Waals surface area contributed by atoms with E-state index in [-0.39, 0.29) is 0 Å². The molecule has 10 heteroatoms. The molecule has 1 aliphatic heterocycles. The number of anilines is 2. The van der Waals surface area contributed by atoms with Crippen LogP contribution in [0.4, 0.5) is 11.6 Å². The Morgan fingerprint density at radius 1 is 0.960 bits per heavy atom. The van der Waals surface area contributed by atoms with Crippen LogP contribution in [-0.4, -0.2) is 65.9 Å². The van der Waals surface area contributed by atoms with Crippen LogP contribution in [0.15, 0.2) is 24.9 Å². The Morgan fingerprint density at radius 3 is 2.60 bits per heavy atom. The van der Waals surface area contributed by atoms with Gasteiger partial charge in [-0.05, 0) is 6.92 Å². The van der Waals surface area contributed by atoms with Gasteiger partial charge in [0.15, 0.2) is 11.5 Å². The molecule has 25 heavy (non-hydrogen) atoms. The first-order chi connectivity index (χ1) is 12.3. The van der Waals surface area contributed by atoms with E-state index >= 15 is 0 Å². The summed E-state index contributed by atoms with van der Waals surface area (Å²) in [4.78, 5) is 17.7. The molecule has 4 aromatic rings. The third kappa shape index (κ3) is 2.17. The van der Waals surface area contributed by atoms with E-state index in [4.69, 9.17) is 0 Å². The summed E-state index contributed by atoms with van der Waals surface area (Å²) in [6.07, 6.45) is 7.03. The predicted octanol–water partition coefficient (Wildman–Crippen LogP) is 0.426. The number of aromatic nitrogens is 8. The summed E-state index contributed by atoms with van der Waals surface area (Å²) in [6, 6.07) is 0. The Kier molecular flexibility index (Phi) is 3.02. The van der Waals surface area contributed by atoms with Crippen LogP contribution in [-0.2, 0) is 0 Å². The van der Waals surface area contributed by atoms with Crippen molar-refractivity contribution in [3.05, 3.63) is 30.7 Å². The molecule has 0 spiro atoms. The number of piperazine rings is 1. The van der Waals surface area contributed by atoms with E-state index in [0.29, 0.717) is 0 Å². The average molecular weight is 336 g/mol. The molecule has 1 aliphatic rings. The number of H-pyrrole nitrogens is 1. The third-order valence-corrected chi connectivity index (χ3v) is 4.58. The molecular formula is C15H16N10. The molecule has 0 bridgehead atoms. The molecule has 0 atom stereocenters. The molecule has 10 nitrogen and oxygen atoms in total. The first kappa shape index (κ1) is 14.1. The standard InChI is InChI=1S/C15H16N10/c1-10-20-22-15-14(16-2-3-25(10)15)24-6-4-23(5-7-24)13-11-8-19-21-12(11)17-9-18-13/h2-3,8-9H,4-7H2,1H3,(H,17,18,19,21). The first-order valence-electron chi connectivity index (χ1n) is 8.11. The fourth-order valence-corrected chi connectivity index (χ4v) is 3.29. The summed E-state index contributed by atoms with van der Waals surface area (Å²) in [6.45, 7) is 5.29. The van der Waals surface area contributed by atoms with Crippen molar-refractivity contribution in [2.45, 2.75) is 6.92 Å². The van der Waals surface area contributed by atoms with Gasteiger partial charge in [0.05, 0.1) is 11.6 Å². The topological polar surface area (TPSA) is 104 Å². The Bertz CT molecular complexity index is 1040. The zero-order chi connectivity index (χ0) is 16.8. The van der Waals surface area contributed by atoms with Crippen molar-refractivity contribution in [2.24, 2.45) is 0 Å². The van der Waals surface area contributed by atoms with Crippen LogP contribution in [0.3, 0.4) is 0 Å². The molecular weight excluding hydrogens is 320 g/mol. The lowest BCUT2D eigenvalue weighted by Crippen LogP contribution is -2.47. The smallest absolute Gasteiger partial charge is 0.203 e. The van der Waals surface area contributed by atoms with Gasteiger partial charge in [0.25, 0.3) is 0 Å². The summed E-state index contributed by atoms with van der Waals surface area (Å²) in [5.41, 5.74) is 1.56. The summed E-state index contributed by atoms with van der Waals surface area (Å²) < 4.78 is 1.97. The Morgan fingerprint density at radius 2 is 1.76 bits per heavy atom. The summed E-state index contributed by atoms with van der Waals surface area (Å²) >= 11 is 0. The first-order valence-corrected chi connectivity index (χ1v) is 8.11. The molecule has 0 aromatic carbocycles. The van der Waals surface area contributed by atoms with E-state index in [1.807, 2.05) is 17.5 Å². The van der Waals surface area contributed by atoms with Crippen LogP contribution in [0.1, 0.15) is 5.82 Å². The van der Waals surface area contributed by atoms with Crippen molar-refractivity contribution in [1.82, 2.24) is 39.7 Å². The Balaban J connectivity index is 1.42. The quantitative estimate of drug-likeness (QED) is 0.562. The fourth-order valence-electron chi connectivity index (χ4n) is 3.29. The number of nitrogens with zero attached hydrogens (tertiary/aromatic N) is 9. The van der Waals surface area contributed by atoms with Gasteiger partial charge in [0.1, 0.15) is 18.0 Å². The number of rotatable bonds is 2.